The predicted octanol–water partition coefficient (Wildman–Crippen LogP) is 4.42. The number of hydrogen-bond acceptors (Lipinski definition) is 3. The van der Waals surface area contributed by atoms with Crippen LogP contribution in [0.25, 0.3) is 0 Å². The van der Waals surface area contributed by atoms with Crippen molar-refractivity contribution in [2.75, 3.05) is 11.9 Å². The van der Waals surface area contributed by atoms with E-state index in [4.69, 9.17) is 16.3 Å². The van der Waals surface area contributed by atoms with Gasteiger partial charge in [0.2, 0.25) is 0 Å². The number of benzene rings is 2. The molecule has 0 aromatic heterocycles. The van der Waals surface area contributed by atoms with Crippen LogP contribution < -0.4 is 15.4 Å². The van der Waals surface area contributed by atoms with Crippen LogP contribution in [0.3, 0.4) is 0 Å². The van der Waals surface area contributed by atoms with E-state index in [-0.39, 0.29) is 24.5 Å². The largest absolute Gasteiger partial charge is 0.484 e. The summed E-state index contributed by atoms with van der Waals surface area (Å²) in [5.41, 5.74) is 0.874. The van der Waals surface area contributed by atoms with Crippen molar-refractivity contribution in [3.05, 3.63) is 59.1 Å². The lowest BCUT2D eigenvalue weighted by Gasteiger charge is -2.23. The molecule has 0 bridgehead atoms. The van der Waals surface area contributed by atoms with E-state index in [2.05, 4.69) is 10.6 Å². The maximum absolute atomic E-state index is 12.5. The first kappa shape index (κ1) is 19.2. The Balaban J connectivity index is 1.58. The second-order valence-corrected chi connectivity index (χ2v) is 7.06. The normalized spacial score (nSPS) is 14.4. The summed E-state index contributed by atoms with van der Waals surface area (Å²) < 4.78 is 5.42. The van der Waals surface area contributed by atoms with Gasteiger partial charge in [-0.05, 0) is 43.2 Å². The van der Waals surface area contributed by atoms with Crippen molar-refractivity contribution in [1.82, 2.24) is 5.32 Å². The van der Waals surface area contributed by atoms with Gasteiger partial charge in [0.1, 0.15) is 5.75 Å². The molecule has 6 heteroatoms. The molecule has 142 valence electrons. The van der Waals surface area contributed by atoms with Crippen molar-refractivity contribution in [2.24, 2.45) is 0 Å². The number of ether oxygens (including phenoxy) is 1. The Kier molecular flexibility index (Phi) is 6.71. The Hall–Kier alpha value is -2.53. The van der Waals surface area contributed by atoms with E-state index < -0.39 is 0 Å². The zero-order valence-corrected chi connectivity index (χ0v) is 15.8. The van der Waals surface area contributed by atoms with Gasteiger partial charge in [-0.2, -0.15) is 0 Å². The Labute approximate surface area is 164 Å². The molecule has 0 aliphatic heterocycles. The summed E-state index contributed by atoms with van der Waals surface area (Å²) in [6.07, 6.45) is 5.49. The number of nitrogens with one attached hydrogen (secondary N) is 2. The third kappa shape index (κ3) is 5.73. The summed E-state index contributed by atoms with van der Waals surface area (Å²) in [5, 5.41) is 6.14. The minimum atomic E-state index is -0.306. The van der Waals surface area contributed by atoms with Crippen molar-refractivity contribution in [2.45, 2.75) is 38.1 Å². The average molecular weight is 387 g/mol. The van der Waals surface area contributed by atoms with Crippen LogP contribution >= 0.6 is 11.6 Å². The Bertz CT molecular complexity index is 789. The summed E-state index contributed by atoms with van der Waals surface area (Å²) in [6, 6.07) is 14.2. The summed E-state index contributed by atoms with van der Waals surface area (Å²) >= 11 is 6.19. The Morgan fingerprint density at radius 3 is 2.52 bits per heavy atom. The number of para-hydroxylation sites is 1. The van der Waals surface area contributed by atoms with Crippen molar-refractivity contribution in [3.8, 4) is 5.75 Å². The fourth-order valence-electron chi connectivity index (χ4n) is 3.15. The van der Waals surface area contributed by atoms with Crippen molar-refractivity contribution < 1.29 is 14.3 Å². The zero-order valence-electron chi connectivity index (χ0n) is 15.0. The number of amides is 2. The van der Waals surface area contributed by atoms with Gasteiger partial charge >= 0.3 is 0 Å². The van der Waals surface area contributed by atoms with Gasteiger partial charge in [0, 0.05) is 11.7 Å². The van der Waals surface area contributed by atoms with Gasteiger partial charge in [0.05, 0.1) is 10.6 Å². The molecule has 0 radical (unpaired) electrons. The predicted molar refractivity (Wildman–Crippen MR) is 106 cm³/mol. The van der Waals surface area contributed by atoms with Gasteiger partial charge in [0.15, 0.2) is 6.61 Å². The zero-order chi connectivity index (χ0) is 19.1. The molecule has 1 aliphatic carbocycles. The van der Waals surface area contributed by atoms with Crippen LogP contribution in [-0.2, 0) is 4.79 Å². The lowest BCUT2D eigenvalue weighted by Crippen LogP contribution is -2.36. The fraction of sp³-hybridized carbons (Fsp3) is 0.333. The number of hydrogen-bond donors (Lipinski definition) is 2. The second kappa shape index (κ2) is 9.42. The average Bonchev–Trinajstić information content (AvgIpc) is 2.69. The van der Waals surface area contributed by atoms with Crippen LogP contribution in [0, 0.1) is 0 Å². The van der Waals surface area contributed by atoms with E-state index in [0.29, 0.717) is 22.0 Å². The molecule has 2 N–H and O–H groups in total. The highest BCUT2D eigenvalue weighted by atomic mass is 35.5. The van der Waals surface area contributed by atoms with E-state index in [9.17, 15) is 9.59 Å². The van der Waals surface area contributed by atoms with Gasteiger partial charge in [-0.1, -0.05) is 49.1 Å². The number of anilines is 1. The molecule has 1 aliphatic rings. The van der Waals surface area contributed by atoms with Crippen LogP contribution in [-0.4, -0.2) is 24.5 Å². The molecule has 2 amide bonds. The van der Waals surface area contributed by atoms with Gasteiger partial charge in [-0.3, -0.25) is 9.59 Å². The number of rotatable bonds is 6. The molecule has 0 spiro atoms. The molecule has 3 rings (SSSR count). The molecular formula is C21H23ClN2O3. The molecular weight excluding hydrogens is 364 g/mol. The smallest absolute Gasteiger partial charge is 0.262 e. The van der Waals surface area contributed by atoms with E-state index in [1.165, 1.54) is 6.42 Å². The van der Waals surface area contributed by atoms with Gasteiger partial charge in [-0.15, -0.1) is 0 Å². The third-order valence-electron chi connectivity index (χ3n) is 4.55. The van der Waals surface area contributed by atoms with E-state index in [0.717, 1.165) is 25.7 Å². The lowest BCUT2D eigenvalue weighted by molar-refractivity contribution is -0.118. The molecule has 0 saturated heterocycles. The minimum absolute atomic E-state index is 0.115. The molecule has 1 saturated carbocycles. The number of halogens is 1. The topological polar surface area (TPSA) is 67.4 Å². The molecule has 1 fully saturated rings. The van der Waals surface area contributed by atoms with E-state index >= 15 is 0 Å². The van der Waals surface area contributed by atoms with Crippen LogP contribution in [0.2, 0.25) is 5.02 Å². The Morgan fingerprint density at radius 2 is 1.78 bits per heavy atom. The highest BCUT2D eigenvalue weighted by Gasteiger charge is 2.19. The first-order valence-electron chi connectivity index (χ1n) is 9.20. The SMILES string of the molecule is O=C(COc1ccccc1)Nc1ccc(Cl)c(C(=O)NC2CCCCC2)c1. The van der Waals surface area contributed by atoms with Gasteiger partial charge in [-0.25, -0.2) is 0 Å². The fourth-order valence-corrected chi connectivity index (χ4v) is 3.35. The molecule has 0 heterocycles. The van der Waals surface area contributed by atoms with E-state index in [1.807, 2.05) is 18.2 Å². The maximum Gasteiger partial charge on any atom is 0.262 e. The first-order chi connectivity index (χ1) is 13.1. The number of carbonyl (C=O) groups is 2. The van der Waals surface area contributed by atoms with Crippen LogP contribution in [0.15, 0.2) is 48.5 Å². The summed E-state index contributed by atoms with van der Waals surface area (Å²) in [4.78, 5) is 24.6. The van der Waals surface area contributed by atoms with E-state index in [1.54, 1.807) is 30.3 Å². The van der Waals surface area contributed by atoms with Crippen molar-refractivity contribution in [3.63, 3.8) is 0 Å². The van der Waals surface area contributed by atoms with Crippen LogP contribution in [0.5, 0.6) is 5.75 Å². The molecule has 0 atom stereocenters. The highest BCUT2D eigenvalue weighted by molar-refractivity contribution is 6.34. The third-order valence-corrected chi connectivity index (χ3v) is 4.88. The van der Waals surface area contributed by atoms with Crippen molar-refractivity contribution in [1.29, 1.82) is 0 Å². The van der Waals surface area contributed by atoms with Gasteiger partial charge < -0.3 is 15.4 Å². The Morgan fingerprint density at radius 1 is 1.04 bits per heavy atom. The molecule has 2 aromatic carbocycles. The molecule has 0 unspecified atom stereocenters. The molecule has 2 aromatic rings. The first-order valence-corrected chi connectivity index (χ1v) is 9.58. The standard InChI is InChI=1S/C21H23ClN2O3/c22-19-12-11-16(23-20(25)14-27-17-9-5-2-6-10-17)13-18(19)21(26)24-15-7-3-1-4-8-15/h2,5-6,9-13,15H,1,3-4,7-8,14H2,(H,23,25)(H,24,26). The second-order valence-electron chi connectivity index (χ2n) is 6.65. The minimum Gasteiger partial charge on any atom is -0.484 e. The summed E-state index contributed by atoms with van der Waals surface area (Å²) in [6.45, 7) is -0.115. The van der Waals surface area contributed by atoms with Crippen molar-refractivity contribution >= 4 is 29.1 Å². The lowest BCUT2D eigenvalue weighted by atomic mass is 9.95. The maximum atomic E-state index is 12.5. The monoisotopic (exact) mass is 386 g/mol. The quantitative estimate of drug-likeness (QED) is 0.772. The summed E-state index contributed by atoms with van der Waals surface area (Å²) in [5.74, 6) is 0.111. The van der Waals surface area contributed by atoms with Crippen LogP contribution in [0.4, 0.5) is 5.69 Å². The number of carbonyl (C=O) groups excluding carboxylic acids is 2. The highest BCUT2D eigenvalue weighted by Crippen LogP contribution is 2.23. The molecule has 27 heavy (non-hydrogen) atoms. The van der Waals surface area contributed by atoms with Crippen LogP contribution in [0.1, 0.15) is 42.5 Å². The van der Waals surface area contributed by atoms with Gasteiger partial charge in [0.25, 0.3) is 11.8 Å². The molecule has 5 nitrogen and oxygen atoms in total. The summed E-state index contributed by atoms with van der Waals surface area (Å²) in [7, 11) is 0.